The molecule has 0 saturated heterocycles. The maximum Gasteiger partial charge on any atom is 0.407 e. The number of benzene rings is 5. The van der Waals surface area contributed by atoms with Gasteiger partial charge in [0, 0.05) is 42.6 Å². The van der Waals surface area contributed by atoms with E-state index in [4.69, 9.17) is 9.84 Å². The lowest BCUT2D eigenvalue weighted by Gasteiger charge is -2.37. The van der Waals surface area contributed by atoms with Gasteiger partial charge in [0.1, 0.15) is 5.60 Å². The van der Waals surface area contributed by atoms with E-state index in [2.05, 4.69) is 16.7 Å². The van der Waals surface area contributed by atoms with E-state index in [-0.39, 0.29) is 30.1 Å². The van der Waals surface area contributed by atoms with E-state index in [1.54, 1.807) is 16.6 Å². The first kappa shape index (κ1) is 35.0. The largest absolute Gasteiger partial charge is 0.444 e. The molecule has 1 aliphatic rings. The molecule has 53 heavy (non-hydrogen) atoms. The van der Waals surface area contributed by atoms with Crippen LogP contribution in [0.3, 0.4) is 0 Å². The van der Waals surface area contributed by atoms with Crippen molar-refractivity contribution in [1.29, 1.82) is 0 Å². The number of ether oxygens (including phenoxy) is 1. The number of carbonyl (C=O) groups excluding carboxylic acids is 3. The van der Waals surface area contributed by atoms with Gasteiger partial charge < -0.3 is 20.3 Å². The van der Waals surface area contributed by atoms with Crippen molar-refractivity contribution in [3.63, 3.8) is 0 Å². The fourth-order valence-corrected chi connectivity index (χ4v) is 6.78. The second-order valence-corrected chi connectivity index (χ2v) is 14.0. The van der Waals surface area contributed by atoms with Crippen LogP contribution >= 0.6 is 0 Å². The molecule has 0 unspecified atom stereocenters. The first-order valence-corrected chi connectivity index (χ1v) is 17.7. The fourth-order valence-electron chi connectivity index (χ4n) is 6.78. The monoisotopic (exact) mass is 706 g/mol. The number of carbonyl (C=O) groups is 3. The summed E-state index contributed by atoms with van der Waals surface area (Å²) in [6.45, 7) is 6.00. The molecular weight excluding hydrogens is 665 g/mol. The van der Waals surface area contributed by atoms with E-state index >= 15 is 0 Å². The van der Waals surface area contributed by atoms with Crippen molar-refractivity contribution in [3.05, 3.63) is 150 Å². The summed E-state index contributed by atoms with van der Waals surface area (Å²) in [5, 5.41) is 11.7. The Morgan fingerprint density at radius 2 is 1.43 bits per heavy atom. The Kier molecular flexibility index (Phi) is 9.69. The van der Waals surface area contributed by atoms with Crippen LogP contribution in [-0.4, -0.2) is 57.8 Å². The van der Waals surface area contributed by atoms with Gasteiger partial charge >= 0.3 is 6.09 Å². The van der Waals surface area contributed by atoms with E-state index in [0.717, 1.165) is 16.8 Å². The number of rotatable bonds is 8. The highest BCUT2D eigenvalue weighted by atomic mass is 16.6. The molecule has 0 bridgehead atoms. The van der Waals surface area contributed by atoms with Gasteiger partial charge in [-0.15, -0.1) is 0 Å². The summed E-state index contributed by atoms with van der Waals surface area (Å²) in [7, 11) is 1.80. The van der Waals surface area contributed by atoms with Crippen LogP contribution in [0, 0.1) is 0 Å². The Morgan fingerprint density at radius 1 is 0.811 bits per heavy atom. The lowest BCUT2D eigenvalue weighted by Crippen LogP contribution is -2.50. The molecule has 0 radical (unpaired) electrons. The Hall–Kier alpha value is -6.42. The van der Waals surface area contributed by atoms with Crippen LogP contribution in [-0.2, 0) is 17.7 Å². The Bertz CT molecular complexity index is 2240. The van der Waals surface area contributed by atoms with Gasteiger partial charge in [0.15, 0.2) is 5.69 Å². The van der Waals surface area contributed by atoms with Crippen LogP contribution in [0.1, 0.15) is 52.7 Å². The highest BCUT2D eigenvalue weighted by molar-refractivity contribution is 6.16. The predicted octanol–water partition coefficient (Wildman–Crippen LogP) is 8.14. The van der Waals surface area contributed by atoms with Crippen LogP contribution in [0.4, 0.5) is 21.9 Å². The predicted molar refractivity (Wildman–Crippen MR) is 208 cm³/mol. The van der Waals surface area contributed by atoms with Crippen LogP contribution in [0.15, 0.2) is 127 Å². The summed E-state index contributed by atoms with van der Waals surface area (Å²) in [5.74, 6) is -0.539. The third-order valence-electron chi connectivity index (χ3n) is 9.26. The summed E-state index contributed by atoms with van der Waals surface area (Å²) < 4.78 is 7.21. The summed E-state index contributed by atoms with van der Waals surface area (Å²) in [6.07, 6.45) is 0.0126. The van der Waals surface area contributed by atoms with E-state index in [9.17, 15) is 14.4 Å². The van der Waals surface area contributed by atoms with E-state index in [1.807, 2.05) is 147 Å². The van der Waals surface area contributed by atoms with Crippen molar-refractivity contribution < 1.29 is 19.1 Å². The second-order valence-electron chi connectivity index (χ2n) is 14.0. The molecule has 2 heterocycles. The average molecular weight is 707 g/mol. The highest BCUT2D eigenvalue weighted by Gasteiger charge is 2.34. The van der Waals surface area contributed by atoms with E-state index < -0.39 is 11.7 Å². The van der Waals surface area contributed by atoms with Crippen LogP contribution < -0.4 is 15.5 Å². The number of amides is 3. The second kappa shape index (κ2) is 14.7. The van der Waals surface area contributed by atoms with Crippen molar-refractivity contribution in [1.82, 2.24) is 20.0 Å². The maximum atomic E-state index is 14.9. The summed E-state index contributed by atoms with van der Waals surface area (Å²) in [6, 6.07) is 39.8. The zero-order chi connectivity index (χ0) is 37.1. The van der Waals surface area contributed by atoms with Crippen molar-refractivity contribution in [3.8, 4) is 5.69 Å². The number of fused-ring (bicyclic) bond motifs is 2. The fraction of sp³-hybridized carbons (Fsp3) is 0.209. The number of aromatic nitrogens is 2. The Labute approximate surface area is 309 Å². The van der Waals surface area contributed by atoms with Crippen molar-refractivity contribution in [2.45, 2.75) is 45.4 Å². The minimum atomic E-state index is -0.659. The lowest BCUT2D eigenvalue weighted by molar-refractivity contribution is 0.0474. The summed E-state index contributed by atoms with van der Waals surface area (Å²) in [5.41, 5.74) is 5.49. The van der Waals surface area contributed by atoms with Crippen molar-refractivity contribution >= 4 is 45.9 Å². The van der Waals surface area contributed by atoms with Crippen LogP contribution in [0.25, 0.3) is 16.6 Å². The van der Waals surface area contributed by atoms with E-state index in [1.165, 1.54) is 0 Å². The number of anilines is 3. The van der Waals surface area contributed by atoms with Gasteiger partial charge in [-0.05, 0) is 86.8 Å². The number of hydrogen-bond acceptors (Lipinski definition) is 6. The quantitative estimate of drug-likeness (QED) is 0.166. The average Bonchev–Trinajstić information content (AvgIpc) is 3.56. The number of nitrogens with zero attached hydrogens (tertiary/aromatic N) is 4. The molecule has 268 valence electrons. The molecule has 1 aliphatic heterocycles. The normalized spacial score (nSPS) is 14.0. The molecule has 0 fully saturated rings. The number of para-hydroxylation sites is 3. The molecule has 6 aromatic rings. The SMILES string of the molecule is CNc1ccc(-n2nc(C(=O)N(c3ccccc3)c3ccccc3)c3ccccc32)c(C(=O)N2Cc3ccccc3C[C@H]2CNC(=O)OC(C)(C)C)c1. The number of hydrogen-bond donors (Lipinski definition) is 2. The summed E-state index contributed by atoms with van der Waals surface area (Å²) >= 11 is 0. The highest BCUT2D eigenvalue weighted by Crippen LogP contribution is 2.33. The molecule has 0 saturated carbocycles. The van der Waals surface area contributed by atoms with Gasteiger partial charge in [0.05, 0.1) is 22.8 Å². The Balaban J connectivity index is 1.31. The number of alkyl carbamates (subject to hydrolysis) is 1. The first-order chi connectivity index (χ1) is 25.6. The molecule has 10 heteroatoms. The Morgan fingerprint density at radius 3 is 2.09 bits per heavy atom. The smallest absolute Gasteiger partial charge is 0.407 e. The molecule has 3 amide bonds. The minimum Gasteiger partial charge on any atom is -0.444 e. The van der Waals surface area contributed by atoms with Gasteiger partial charge in [-0.3, -0.25) is 14.5 Å². The minimum absolute atomic E-state index is 0.203. The van der Waals surface area contributed by atoms with Crippen molar-refractivity contribution in [2.75, 3.05) is 23.8 Å². The molecule has 10 nitrogen and oxygen atoms in total. The summed E-state index contributed by atoms with van der Waals surface area (Å²) in [4.78, 5) is 45.8. The zero-order valence-corrected chi connectivity index (χ0v) is 30.2. The zero-order valence-electron chi connectivity index (χ0n) is 30.2. The van der Waals surface area contributed by atoms with E-state index in [0.29, 0.717) is 46.5 Å². The molecule has 7 rings (SSSR count). The first-order valence-electron chi connectivity index (χ1n) is 17.7. The van der Waals surface area contributed by atoms with Crippen molar-refractivity contribution in [2.24, 2.45) is 0 Å². The lowest BCUT2D eigenvalue weighted by atomic mass is 9.93. The molecule has 5 aromatic carbocycles. The third-order valence-corrected chi connectivity index (χ3v) is 9.26. The standard InChI is InChI=1S/C43H42N6O4/c1-43(2,3)53-42(52)45-27-34-25-29-15-11-12-16-30(29)28-47(34)40(50)36-26-31(44-4)23-24-38(36)49-37-22-14-13-21-35(37)39(46-49)41(51)48(32-17-7-5-8-18-32)33-19-9-6-10-20-33/h5-24,26,34,44H,25,27-28H2,1-4H3,(H,45,52)/t34-/m0/s1. The van der Waals surface area contributed by atoms with Crippen LogP contribution in [0.5, 0.6) is 0 Å². The molecular formula is C43H42N6O4. The molecule has 1 aromatic heterocycles. The van der Waals surface area contributed by atoms with Gasteiger partial charge in [-0.1, -0.05) is 78.9 Å². The molecule has 0 aliphatic carbocycles. The molecule has 2 N–H and O–H groups in total. The molecule has 1 atom stereocenters. The maximum absolute atomic E-state index is 14.9. The van der Waals surface area contributed by atoms with Gasteiger partial charge in [0.2, 0.25) is 0 Å². The third kappa shape index (κ3) is 7.34. The number of nitrogens with one attached hydrogen (secondary N) is 2. The van der Waals surface area contributed by atoms with Gasteiger partial charge in [-0.25, -0.2) is 9.48 Å². The topological polar surface area (TPSA) is 109 Å². The molecule has 0 spiro atoms. The van der Waals surface area contributed by atoms with Gasteiger partial charge in [-0.2, -0.15) is 5.10 Å². The van der Waals surface area contributed by atoms with Gasteiger partial charge in [0.25, 0.3) is 11.8 Å². The van der Waals surface area contributed by atoms with Crippen LogP contribution in [0.2, 0.25) is 0 Å².